The molecule has 4 aromatic carbocycles. The first kappa shape index (κ1) is 29.2. The van der Waals surface area contributed by atoms with E-state index in [-0.39, 0.29) is 38.1 Å². The van der Waals surface area contributed by atoms with Crippen LogP contribution in [0.4, 0.5) is 0 Å². The molecule has 4 nitrogen and oxygen atoms in total. The Bertz CT molecular complexity index is 1430. The molecule has 0 fully saturated rings. The molecule has 6 aromatic rings. The molecule has 7 heteroatoms. The second kappa shape index (κ2) is 14.6. The molecule has 0 amide bonds. The Labute approximate surface area is 243 Å². The Kier molecular flexibility index (Phi) is 11.2. The zero-order chi connectivity index (χ0) is 26.0. The van der Waals surface area contributed by atoms with Gasteiger partial charge in [-0.15, -0.1) is 22.7 Å². The molecule has 0 bridgehead atoms. The average Bonchev–Trinajstić information content (AvgIpc) is 3.54. The number of carbonyl (C=O) groups is 2. The molecule has 38 heavy (non-hydrogen) atoms. The van der Waals surface area contributed by atoms with Gasteiger partial charge in [0.15, 0.2) is 0 Å². The van der Waals surface area contributed by atoms with Gasteiger partial charge in [0, 0.05) is 11.1 Å². The van der Waals surface area contributed by atoms with Gasteiger partial charge in [-0.1, -0.05) is 84.9 Å². The van der Waals surface area contributed by atoms with Gasteiger partial charge in [0.1, 0.15) is 21.6 Å². The Morgan fingerprint density at radius 2 is 0.895 bits per heavy atom. The number of nitrogens with zero attached hydrogens (tertiary/aromatic N) is 2. The van der Waals surface area contributed by atoms with E-state index >= 15 is 0 Å². The van der Waals surface area contributed by atoms with E-state index in [2.05, 4.69) is 70.6 Å². The molecular weight excluding hydrogens is 689 g/mol. The molecule has 0 aliphatic carbocycles. The molecule has 0 unspecified atom stereocenters. The van der Waals surface area contributed by atoms with Crippen molar-refractivity contribution in [1.29, 1.82) is 0 Å². The number of benzene rings is 4. The minimum atomic E-state index is -0.0625. The van der Waals surface area contributed by atoms with Gasteiger partial charge >= 0.3 is 20.1 Å². The molecule has 2 heterocycles. The summed E-state index contributed by atoms with van der Waals surface area (Å²) < 4.78 is 2.49. The first-order valence-corrected chi connectivity index (χ1v) is 13.4. The number of hydrogen-bond donors (Lipinski definition) is 0. The topological polar surface area (TPSA) is 59.9 Å². The van der Waals surface area contributed by atoms with Crippen molar-refractivity contribution in [1.82, 2.24) is 9.97 Å². The van der Waals surface area contributed by atoms with Crippen LogP contribution in [0.25, 0.3) is 41.6 Å². The monoisotopic (exact) mass is 715 g/mol. The van der Waals surface area contributed by atoms with Gasteiger partial charge in [0.05, 0.1) is 26.9 Å². The summed E-state index contributed by atoms with van der Waals surface area (Å²) in [4.78, 5) is 29.3. The van der Waals surface area contributed by atoms with Crippen molar-refractivity contribution in [2.24, 2.45) is 0 Å². The maximum absolute atomic E-state index is 10.0. The molecule has 0 spiro atoms. The van der Waals surface area contributed by atoms with Crippen molar-refractivity contribution < 1.29 is 29.7 Å². The smallest absolute Gasteiger partial charge is 0.300 e. The Morgan fingerprint density at radius 1 is 0.553 bits per heavy atom. The zero-order valence-corrected chi connectivity index (χ0v) is 25.0. The van der Waals surface area contributed by atoms with Crippen molar-refractivity contribution in [3.63, 3.8) is 0 Å². The van der Waals surface area contributed by atoms with E-state index in [1.165, 1.54) is 34.4 Å². The maximum Gasteiger partial charge on any atom is 3.00 e. The normalized spacial score (nSPS) is 9.95. The largest absolute Gasteiger partial charge is 3.00 e. The van der Waals surface area contributed by atoms with Crippen molar-refractivity contribution in [2.45, 2.75) is 20.3 Å². The summed E-state index contributed by atoms with van der Waals surface area (Å²) in [6.07, 6.45) is 0.0833. The first-order valence-electron chi connectivity index (χ1n) is 11.8. The molecule has 0 N–H and O–H groups in total. The van der Waals surface area contributed by atoms with Crippen molar-refractivity contribution in [3.8, 4) is 21.1 Å². The van der Waals surface area contributed by atoms with E-state index in [0.29, 0.717) is 0 Å². The molecule has 0 aliphatic rings. The Morgan fingerprint density at radius 3 is 1.21 bits per heavy atom. The summed E-state index contributed by atoms with van der Waals surface area (Å²) in [5.74, 6) is -0.125. The van der Waals surface area contributed by atoms with Gasteiger partial charge in [-0.2, -0.15) is 0 Å². The van der Waals surface area contributed by atoms with Crippen LogP contribution in [0.1, 0.15) is 20.3 Å². The quantitative estimate of drug-likeness (QED) is 0.172. The molecule has 0 aliphatic heterocycles. The van der Waals surface area contributed by atoms with E-state index in [9.17, 15) is 9.59 Å². The van der Waals surface area contributed by atoms with Gasteiger partial charge in [0.25, 0.3) is 0 Å². The summed E-state index contributed by atoms with van der Waals surface area (Å²) >= 11 is 3.48. The molecule has 0 radical (unpaired) electrons. The summed E-state index contributed by atoms with van der Waals surface area (Å²) in [5, 5.41) is 2.19. The molecule has 2 aromatic heterocycles. The zero-order valence-electron chi connectivity index (χ0n) is 21.0. The van der Waals surface area contributed by atoms with Crippen molar-refractivity contribution in [3.05, 3.63) is 109 Å². The number of thiazole rings is 2. The number of carbonyl (C=O) groups excluding carboxylic acids is 2. The molecule has 0 saturated heterocycles. The average molecular weight is 715 g/mol. The predicted molar refractivity (Wildman–Crippen MR) is 156 cm³/mol. The predicted octanol–water partition coefficient (Wildman–Crippen LogP) is 8.48. The minimum Gasteiger partial charge on any atom is -0.300 e. The van der Waals surface area contributed by atoms with Crippen LogP contribution in [-0.4, -0.2) is 21.5 Å². The third kappa shape index (κ3) is 8.33. The number of para-hydroxylation sites is 2. The van der Waals surface area contributed by atoms with E-state index in [1.54, 1.807) is 22.7 Å². The van der Waals surface area contributed by atoms with E-state index in [4.69, 9.17) is 0 Å². The van der Waals surface area contributed by atoms with Gasteiger partial charge < -0.3 is 0 Å². The fraction of sp³-hybridized carbons (Fsp3) is 0.0968. The van der Waals surface area contributed by atoms with Gasteiger partial charge in [0.2, 0.25) is 0 Å². The summed E-state index contributed by atoms with van der Waals surface area (Å²) in [6.45, 7) is 2.81. The van der Waals surface area contributed by atoms with Crippen LogP contribution in [-0.2, 0) is 29.7 Å². The molecule has 6 rings (SSSR count). The van der Waals surface area contributed by atoms with Crippen LogP contribution in [0.15, 0.2) is 109 Å². The van der Waals surface area contributed by atoms with Crippen LogP contribution in [0.3, 0.4) is 0 Å². The van der Waals surface area contributed by atoms with Crippen LogP contribution < -0.4 is 0 Å². The summed E-state index contributed by atoms with van der Waals surface area (Å²) in [7, 11) is 0. The van der Waals surface area contributed by atoms with Crippen LogP contribution in [0.2, 0.25) is 0 Å². The number of fused-ring (bicyclic) bond motifs is 2. The fourth-order valence-electron chi connectivity index (χ4n) is 3.50. The van der Waals surface area contributed by atoms with Gasteiger partial charge in [-0.05, 0) is 38.1 Å². The second-order valence-corrected chi connectivity index (χ2v) is 10.3. The molecule has 0 atom stereocenters. The Hall–Kier alpha value is -3.35. The van der Waals surface area contributed by atoms with Gasteiger partial charge in [-0.3, -0.25) is 9.59 Å². The van der Waals surface area contributed by atoms with E-state index in [1.807, 2.05) is 48.5 Å². The number of rotatable bonds is 4. The van der Waals surface area contributed by atoms with Crippen LogP contribution in [0.5, 0.6) is 0 Å². The second-order valence-electron chi connectivity index (χ2n) is 8.29. The number of hydrogen-bond acceptors (Lipinski definition) is 6. The number of ketones is 2. The third-order valence-corrected chi connectivity index (χ3v) is 7.30. The Balaban J connectivity index is 0.000000167. The molecular formula is C31H26IrN2O2S2+3. The standard InChI is InChI=1S/2C13H9NS.C5H8O2.Ir/c2*1-2-6-10(7-3-1)13-14-11-8-4-5-9-12(11)15-13;1-4(6)3-5(2)7;/h2*1-9H;3H2,1-2H3;/q;;;+3. The number of Topliss-reactive ketones (excluding diaryl/α,β-unsaturated/α-hetero) is 2. The van der Waals surface area contributed by atoms with E-state index < -0.39 is 0 Å². The SMILES string of the molecule is CC(=O)CC(C)=O.[Ir+3].c1ccc(-c2nc3ccccc3s2)cc1.c1ccc(-c2nc3ccccc3s2)cc1. The summed E-state index contributed by atoms with van der Waals surface area (Å²) in [5.41, 5.74) is 4.56. The van der Waals surface area contributed by atoms with Crippen molar-refractivity contribution in [2.75, 3.05) is 0 Å². The maximum atomic E-state index is 10.0. The first-order chi connectivity index (χ1) is 18.0. The number of aromatic nitrogens is 2. The van der Waals surface area contributed by atoms with Crippen LogP contribution in [0, 0.1) is 0 Å². The minimum absolute atomic E-state index is 0. The molecule has 190 valence electrons. The van der Waals surface area contributed by atoms with Crippen LogP contribution >= 0.6 is 22.7 Å². The van der Waals surface area contributed by atoms with E-state index in [0.717, 1.165) is 21.0 Å². The van der Waals surface area contributed by atoms with Crippen molar-refractivity contribution >= 4 is 54.7 Å². The third-order valence-electron chi connectivity index (χ3n) is 5.13. The van der Waals surface area contributed by atoms with Gasteiger partial charge in [-0.25, -0.2) is 9.97 Å². The summed E-state index contributed by atoms with van der Waals surface area (Å²) in [6, 6.07) is 37.1. The fourth-order valence-corrected chi connectivity index (χ4v) is 5.45. The molecule has 0 saturated carbocycles.